The molecule has 0 radical (unpaired) electrons. The molecule has 26 heavy (non-hydrogen) atoms. The van der Waals surface area contributed by atoms with Crippen molar-refractivity contribution in [3.05, 3.63) is 46.2 Å². The number of pyridine rings is 1. The first-order chi connectivity index (χ1) is 12.7. The highest BCUT2D eigenvalue weighted by atomic mass is 32.1. The van der Waals surface area contributed by atoms with E-state index in [0.717, 1.165) is 30.3 Å². The highest BCUT2D eigenvalue weighted by Gasteiger charge is 2.36. The molecule has 2 aliphatic rings. The van der Waals surface area contributed by atoms with Crippen LogP contribution in [0.25, 0.3) is 0 Å². The van der Waals surface area contributed by atoms with Gasteiger partial charge in [0.15, 0.2) is 0 Å². The van der Waals surface area contributed by atoms with Crippen molar-refractivity contribution in [2.45, 2.75) is 44.4 Å². The van der Waals surface area contributed by atoms with Crippen LogP contribution in [0.5, 0.6) is 0 Å². The molecule has 4 rings (SSSR count). The van der Waals surface area contributed by atoms with Crippen LogP contribution in [0.15, 0.2) is 30.6 Å². The summed E-state index contributed by atoms with van der Waals surface area (Å²) in [5, 5.41) is 13.8. The van der Waals surface area contributed by atoms with Gasteiger partial charge in [0, 0.05) is 6.20 Å². The van der Waals surface area contributed by atoms with Crippen LogP contribution in [0.2, 0.25) is 0 Å². The molecule has 2 aromatic rings. The van der Waals surface area contributed by atoms with Crippen molar-refractivity contribution in [1.29, 1.82) is 0 Å². The lowest BCUT2D eigenvalue weighted by molar-refractivity contribution is 0.0228. The fourth-order valence-corrected chi connectivity index (χ4v) is 4.59. The molecule has 1 unspecified atom stereocenters. The highest BCUT2D eigenvalue weighted by molar-refractivity contribution is 7.13. The molecule has 2 N–H and O–H groups in total. The van der Waals surface area contributed by atoms with Crippen molar-refractivity contribution >= 4 is 17.2 Å². The van der Waals surface area contributed by atoms with Crippen molar-refractivity contribution < 1.29 is 9.90 Å². The summed E-state index contributed by atoms with van der Waals surface area (Å²) in [4.78, 5) is 24.6. The monoisotopic (exact) mass is 372 g/mol. The quantitative estimate of drug-likeness (QED) is 0.814. The van der Waals surface area contributed by atoms with Gasteiger partial charge in [-0.25, -0.2) is 4.98 Å². The second-order valence-electron chi connectivity index (χ2n) is 7.19. The third-order valence-corrected chi connectivity index (χ3v) is 6.23. The predicted octanol–water partition coefficient (Wildman–Crippen LogP) is 2.38. The number of amides is 1. The minimum Gasteiger partial charge on any atom is -0.393 e. The van der Waals surface area contributed by atoms with Crippen LogP contribution < -0.4 is 5.32 Å². The summed E-state index contributed by atoms with van der Waals surface area (Å²) in [5.41, 5.74) is 0.847. The Morgan fingerprint density at radius 3 is 2.81 bits per heavy atom. The topological polar surface area (TPSA) is 78.3 Å². The number of aliphatic hydroxyl groups excluding tert-OH is 1. The minimum atomic E-state index is -0.265. The van der Waals surface area contributed by atoms with E-state index in [1.165, 1.54) is 24.2 Å². The van der Waals surface area contributed by atoms with Gasteiger partial charge < -0.3 is 10.4 Å². The molecule has 0 bridgehead atoms. The standard InChI is InChI=1S/C19H24N4O2S/c24-14-9-13(10-14)18(15-5-1-2-6-20-15)22-19(25)16-11-21-17(26-16)12-23-7-3-4-8-23/h1-2,5-6,11,13-14,18,24H,3-4,7-10,12H2,(H,22,25). The zero-order valence-corrected chi connectivity index (χ0v) is 15.5. The molecule has 1 saturated heterocycles. The lowest BCUT2D eigenvalue weighted by Gasteiger charge is -2.37. The second kappa shape index (κ2) is 7.82. The van der Waals surface area contributed by atoms with E-state index in [-0.39, 0.29) is 24.0 Å². The molecule has 0 aromatic carbocycles. The lowest BCUT2D eigenvalue weighted by atomic mass is 9.76. The maximum Gasteiger partial charge on any atom is 0.263 e. The van der Waals surface area contributed by atoms with Gasteiger partial charge in [0.2, 0.25) is 0 Å². The number of rotatable bonds is 6. The van der Waals surface area contributed by atoms with Crippen LogP contribution in [0, 0.1) is 5.92 Å². The zero-order valence-electron chi connectivity index (χ0n) is 14.7. The fraction of sp³-hybridized carbons (Fsp3) is 0.526. The number of nitrogens with zero attached hydrogens (tertiary/aromatic N) is 3. The summed E-state index contributed by atoms with van der Waals surface area (Å²) in [6.45, 7) is 3.07. The smallest absolute Gasteiger partial charge is 0.263 e. The van der Waals surface area contributed by atoms with Gasteiger partial charge in [-0.1, -0.05) is 6.07 Å². The number of hydrogen-bond donors (Lipinski definition) is 2. The Labute approximate surface area is 157 Å². The number of nitrogens with one attached hydrogen (secondary N) is 1. The van der Waals surface area contributed by atoms with E-state index in [1.54, 1.807) is 12.4 Å². The second-order valence-corrected chi connectivity index (χ2v) is 8.31. The largest absolute Gasteiger partial charge is 0.393 e. The Bertz CT molecular complexity index is 739. The highest BCUT2D eigenvalue weighted by Crippen LogP contribution is 2.37. The number of likely N-dealkylation sites (tertiary alicyclic amines) is 1. The number of hydrogen-bond acceptors (Lipinski definition) is 6. The molecular weight excluding hydrogens is 348 g/mol. The molecule has 1 aliphatic carbocycles. The third-order valence-electron chi connectivity index (χ3n) is 5.25. The average Bonchev–Trinajstić information content (AvgIpc) is 3.30. The molecule has 2 fully saturated rings. The van der Waals surface area contributed by atoms with Crippen LogP contribution in [0.4, 0.5) is 0 Å². The van der Waals surface area contributed by atoms with Crippen molar-refractivity contribution in [2.75, 3.05) is 13.1 Å². The Balaban J connectivity index is 1.43. The average molecular weight is 372 g/mol. The normalized spacial score (nSPS) is 24.2. The Kier molecular flexibility index (Phi) is 5.28. The number of aromatic nitrogens is 2. The van der Waals surface area contributed by atoms with E-state index in [2.05, 4.69) is 20.2 Å². The Morgan fingerprint density at radius 2 is 2.12 bits per heavy atom. The van der Waals surface area contributed by atoms with E-state index in [0.29, 0.717) is 17.7 Å². The molecule has 2 aromatic heterocycles. The van der Waals surface area contributed by atoms with E-state index in [1.807, 2.05) is 18.2 Å². The van der Waals surface area contributed by atoms with E-state index in [4.69, 9.17) is 0 Å². The van der Waals surface area contributed by atoms with E-state index >= 15 is 0 Å². The fourth-order valence-electron chi connectivity index (χ4n) is 3.73. The van der Waals surface area contributed by atoms with Gasteiger partial charge in [0.05, 0.1) is 30.6 Å². The summed E-state index contributed by atoms with van der Waals surface area (Å²) in [6, 6.07) is 5.56. The SMILES string of the molecule is O=C(NC(c1ccccn1)C1CC(O)C1)c1cnc(CN2CCCC2)s1. The van der Waals surface area contributed by atoms with Gasteiger partial charge in [-0.15, -0.1) is 11.3 Å². The molecule has 1 atom stereocenters. The van der Waals surface area contributed by atoms with Crippen LogP contribution >= 0.6 is 11.3 Å². The molecular formula is C19H24N4O2S. The molecule has 1 saturated carbocycles. The molecule has 0 spiro atoms. The first-order valence-electron chi connectivity index (χ1n) is 9.26. The molecule has 3 heterocycles. The van der Waals surface area contributed by atoms with Crippen LogP contribution in [-0.2, 0) is 6.54 Å². The minimum absolute atomic E-state index is 0.104. The van der Waals surface area contributed by atoms with E-state index < -0.39 is 0 Å². The molecule has 7 heteroatoms. The summed E-state index contributed by atoms with van der Waals surface area (Å²) < 4.78 is 0. The molecule has 6 nitrogen and oxygen atoms in total. The zero-order chi connectivity index (χ0) is 17.9. The maximum atomic E-state index is 12.8. The van der Waals surface area contributed by atoms with Crippen LogP contribution in [0.1, 0.15) is 52.1 Å². The van der Waals surface area contributed by atoms with Gasteiger partial charge in [-0.2, -0.15) is 0 Å². The van der Waals surface area contributed by atoms with Gasteiger partial charge >= 0.3 is 0 Å². The van der Waals surface area contributed by atoms with Crippen molar-refractivity contribution in [1.82, 2.24) is 20.2 Å². The van der Waals surface area contributed by atoms with Gasteiger partial charge in [0.1, 0.15) is 9.88 Å². The van der Waals surface area contributed by atoms with Crippen LogP contribution in [0.3, 0.4) is 0 Å². The summed E-state index contributed by atoms with van der Waals surface area (Å²) in [7, 11) is 0. The Hall–Kier alpha value is -1.83. The lowest BCUT2D eigenvalue weighted by Crippen LogP contribution is -2.41. The number of carbonyl (C=O) groups excluding carboxylic acids is 1. The van der Waals surface area contributed by atoms with Crippen molar-refractivity contribution in [2.24, 2.45) is 5.92 Å². The first kappa shape index (κ1) is 17.6. The van der Waals surface area contributed by atoms with Gasteiger partial charge in [0.25, 0.3) is 5.91 Å². The van der Waals surface area contributed by atoms with Gasteiger partial charge in [-0.3, -0.25) is 14.7 Å². The maximum absolute atomic E-state index is 12.8. The molecule has 138 valence electrons. The summed E-state index contributed by atoms with van der Waals surface area (Å²) >= 11 is 1.47. The number of aliphatic hydroxyl groups is 1. The van der Waals surface area contributed by atoms with Crippen molar-refractivity contribution in [3.63, 3.8) is 0 Å². The summed E-state index contributed by atoms with van der Waals surface area (Å²) in [5.74, 6) is 0.119. The first-order valence-corrected chi connectivity index (χ1v) is 10.1. The molecule has 1 aliphatic heterocycles. The molecule has 1 amide bonds. The Morgan fingerprint density at radius 1 is 1.31 bits per heavy atom. The third kappa shape index (κ3) is 3.95. The number of carbonyl (C=O) groups is 1. The number of thiazole rings is 1. The summed E-state index contributed by atoms with van der Waals surface area (Å²) in [6.07, 6.45) is 7.05. The van der Waals surface area contributed by atoms with Crippen molar-refractivity contribution in [3.8, 4) is 0 Å². The van der Waals surface area contributed by atoms with Crippen LogP contribution in [-0.4, -0.2) is 45.1 Å². The van der Waals surface area contributed by atoms with Gasteiger partial charge in [-0.05, 0) is 56.8 Å². The predicted molar refractivity (Wildman–Crippen MR) is 99.8 cm³/mol. The van der Waals surface area contributed by atoms with E-state index in [9.17, 15) is 9.90 Å².